The highest BCUT2D eigenvalue weighted by Gasteiger charge is 2.22. The maximum Gasteiger partial charge on any atom is 0.334 e. The minimum absolute atomic E-state index is 0.0902. The molecule has 0 bridgehead atoms. The fourth-order valence-electron chi connectivity index (χ4n) is 2.23. The number of hydrogen-bond acceptors (Lipinski definition) is 5. The van der Waals surface area contributed by atoms with Gasteiger partial charge in [-0.2, -0.15) is 0 Å². The van der Waals surface area contributed by atoms with Gasteiger partial charge in [-0.3, -0.25) is 24.8 Å². The van der Waals surface area contributed by atoms with Gasteiger partial charge in [0.1, 0.15) is 6.04 Å². The van der Waals surface area contributed by atoms with Crippen molar-refractivity contribution in [2.75, 3.05) is 6.54 Å². The zero-order valence-corrected chi connectivity index (χ0v) is 16.0. The summed E-state index contributed by atoms with van der Waals surface area (Å²) in [5.74, 6) is -3.50. The van der Waals surface area contributed by atoms with Gasteiger partial charge in [-0.25, -0.2) is 10.2 Å². The van der Waals surface area contributed by atoms with Gasteiger partial charge in [-0.15, -0.1) is 0 Å². The lowest BCUT2D eigenvalue weighted by Crippen LogP contribution is -2.53. The maximum absolute atomic E-state index is 12.2. The lowest BCUT2D eigenvalue weighted by molar-refractivity contribution is -0.139. The van der Waals surface area contributed by atoms with Gasteiger partial charge < -0.3 is 27.6 Å². The molecule has 4 amide bonds. The first-order valence-electron chi connectivity index (χ1n) is 8.25. The van der Waals surface area contributed by atoms with Crippen molar-refractivity contribution in [3.8, 4) is 0 Å². The van der Waals surface area contributed by atoms with Crippen molar-refractivity contribution in [3.63, 3.8) is 0 Å². The Morgan fingerprint density at radius 1 is 1.03 bits per heavy atom. The van der Waals surface area contributed by atoms with E-state index in [1.54, 1.807) is 24.3 Å². The molecule has 0 saturated heterocycles. The highest BCUT2D eigenvalue weighted by molar-refractivity contribution is 6.30. The molecule has 12 nitrogen and oxygen atoms in total. The predicted octanol–water partition coefficient (Wildman–Crippen LogP) is -1.25. The summed E-state index contributed by atoms with van der Waals surface area (Å²) < 4.78 is 0. The molecule has 158 valence electrons. The zero-order chi connectivity index (χ0) is 22.0. The number of rotatable bonds is 9. The molecule has 1 aromatic rings. The second-order valence-electron chi connectivity index (χ2n) is 5.92. The molecule has 10 N–H and O–H groups in total. The molecule has 0 aliphatic rings. The van der Waals surface area contributed by atoms with Crippen LogP contribution < -0.4 is 33.4 Å². The molecule has 0 radical (unpaired) electrons. The van der Waals surface area contributed by atoms with E-state index in [0.29, 0.717) is 5.02 Å². The van der Waals surface area contributed by atoms with E-state index in [0.717, 1.165) is 5.56 Å². The Morgan fingerprint density at radius 2 is 1.66 bits per heavy atom. The fraction of sp³-hybridized carbons (Fsp3) is 0.312. The number of hydrazine groups is 1. The van der Waals surface area contributed by atoms with E-state index in [1.165, 1.54) is 0 Å². The summed E-state index contributed by atoms with van der Waals surface area (Å²) in [5.41, 5.74) is 20.6. The monoisotopic (exact) mass is 427 g/mol. The molecule has 0 aliphatic carbocycles. The Kier molecular flexibility index (Phi) is 9.19. The minimum atomic E-state index is -1.44. The van der Waals surface area contributed by atoms with Crippen LogP contribution in [0, 0.1) is 0 Å². The highest BCUT2D eigenvalue weighted by Crippen LogP contribution is 2.22. The number of guanidine groups is 1. The van der Waals surface area contributed by atoms with E-state index < -0.39 is 42.2 Å². The normalized spacial score (nSPS) is 12.2. The van der Waals surface area contributed by atoms with Crippen LogP contribution in [0.15, 0.2) is 29.3 Å². The Morgan fingerprint density at radius 3 is 2.17 bits per heavy atom. The molecule has 0 fully saturated rings. The number of nitrogens with one attached hydrogen (secondary N) is 3. The zero-order valence-electron chi connectivity index (χ0n) is 15.2. The number of carbonyl (C=O) groups excluding carboxylic acids is 3. The fourth-order valence-corrected chi connectivity index (χ4v) is 2.36. The molecule has 1 aromatic carbocycles. The largest absolute Gasteiger partial charge is 0.481 e. The van der Waals surface area contributed by atoms with Crippen molar-refractivity contribution in [1.82, 2.24) is 16.2 Å². The number of nitrogens with two attached hydrogens (primary N) is 3. The molecule has 0 saturated carbocycles. The molecular weight excluding hydrogens is 406 g/mol. The minimum Gasteiger partial charge on any atom is -0.481 e. The van der Waals surface area contributed by atoms with E-state index in [2.05, 4.69) is 10.4 Å². The summed E-state index contributed by atoms with van der Waals surface area (Å²) >= 11 is 5.86. The van der Waals surface area contributed by atoms with Crippen LogP contribution in [-0.2, 0) is 14.4 Å². The highest BCUT2D eigenvalue weighted by atomic mass is 35.5. The summed E-state index contributed by atoms with van der Waals surface area (Å²) in [7, 11) is 0. The van der Waals surface area contributed by atoms with Crippen molar-refractivity contribution in [2.24, 2.45) is 22.2 Å². The average Bonchev–Trinajstić information content (AvgIpc) is 2.63. The second-order valence-corrected chi connectivity index (χ2v) is 6.35. The smallest absolute Gasteiger partial charge is 0.334 e. The molecule has 29 heavy (non-hydrogen) atoms. The van der Waals surface area contributed by atoms with Crippen LogP contribution in [0.2, 0.25) is 5.02 Å². The van der Waals surface area contributed by atoms with Gasteiger partial charge in [0.25, 0.3) is 0 Å². The van der Waals surface area contributed by atoms with Crippen molar-refractivity contribution in [3.05, 3.63) is 34.9 Å². The first-order valence-corrected chi connectivity index (χ1v) is 8.63. The Labute approximate surface area is 170 Å². The number of hydrogen-bond donors (Lipinski definition) is 7. The predicted molar refractivity (Wildman–Crippen MR) is 105 cm³/mol. The van der Waals surface area contributed by atoms with Gasteiger partial charge in [0.15, 0.2) is 5.96 Å². The molecule has 0 heterocycles. The van der Waals surface area contributed by atoms with Crippen LogP contribution in [0.3, 0.4) is 0 Å². The molecule has 1 rings (SSSR count). The number of carbonyl (C=O) groups is 4. The van der Waals surface area contributed by atoms with Gasteiger partial charge in [0.05, 0.1) is 13.0 Å². The number of halogens is 1. The van der Waals surface area contributed by atoms with Crippen LogP contribution in [0.5, 0.6) is 0 Å². The van der Waals surface area contributed by atoms with Crippen LogP contribution >= 0.6 is 11.6 Å². The van der Waals surface area contributed by atoms with Crippen molar-refractivity contribution in [2.45, 2.75) is 24.8 Å². The summed E-state index contributed by atoms with van der Waals surface area (Å²) in [5, 5.41) is 11.3. The summed E-state index contributed by atoms with van der Waals surface area (Å²) in [4.78, 5) is 49.6. The maximum atomic E-state index is 12.2. The van der Waals surface area contributed by atoms with E-state index in [4.69, 9.17) is 33.9 Å². The number of primary amides is 1. The van der Waals surface area contributed by atoms with Crippen LogP contribution in [-0.4, -0.2) is 47.5 Å². The third-order valence-electron chi connectivity index (χ3n) is 3.61. The lowest BCUT2D eigenvalue weighted by atomic mass is 9.95. The van der Waals surface area contributed by atoms with Gasteiger partial charge in [-0.1, -0.05) is 23.7 Å². The first-order chi connectivity index (χ1) is 13.6. The number of amides is 4. The summed E-state index contributed by atoms with van der Waals surface area (Å²) in [6, 6.07) is 4.28. The quantitative estimate of drug-likeness (QED) is 0.144. The second kappa shape index (κ2) is 11.3. The number of nitrogens with zero attached hydrogens (tertiary/aromatic N) is 1. The summed E-state index contributed by atoms with van der Waals surface area (Å²) in [6.45, 7) is 0.117. The molecule has 2 atom stereocenters. The van der Waals surface area contributed by atoms with Crippen LogP contribution in [0.25, 0.3) is 0 Å². The van der Waals surface area contributed by atoms with Gasteiger partial charge in [0.2, 0.25) is 11.8 Å². The number of aliphatic carboxylic acids is 1. The van der Waals surface area contributed by atoms with Gasteiger partial charge >= 0.3 is 12.0 Å². The third-order valence-corrected chi connectivity index (χ3v) is 3.86. The van der Waals surface area contributed by atoms with Crippen molar-refractivity contribution >= 4 is 41.4 Å². The number of urea groups is 1. The standard InChI is InChI=1S/C16H22ClN7O5/c17-10-3-1-8(2-4-10)9(7-21-15(19)20)5-12(25)23-24-16(29)22-11(14(18)28)6-13(26)27/h1-4,9,11H,5-7H2,(H2,18,28)(H,23,25)(H,26,27)(H4,19,20,21)(H2,22,24,29)/t9?,11-/m0/s1. The average molecular weight is 428 g/mol. The Hall–Kier alpha value is -3.54. The van der Waals surface area contributed by atoms with Crippen LogP contribution in [0.1, 0.15) is 24.3 Å². The van der Waals surface area contributed by atoms with E-state index >= 15 is 0 Å². The number of benzene rings is 1. The number of aliphatic imine (C=N–C) groups is 1. The first kappa shape index (κ1) is 23.5. The van der Waals surface area contributed by atoms with Gasteiger partial charge in [0, 0.05) is 17.4 Å². The van der Waals surface area contributed by atoms with Crippen molar-refractivity contribution < 1.29 is 24.3 Å². The van der Waals surface area contributed by atoms with Gasteiger partial charge in [-0.05, 0) is 17.7 Å². The van der Waals surface area contributed by atoms with Crippen molar-refractivity contribution in [1.29, 1.82) is 0 Å². The molecule has 13 heteroatoms. The topological polar surface area (TPSA) is 215 Å². The molecule has 0 aliphatic heterocycles. The van der Waals surface area contributed by atoms with Crippen LogP contribution in [0.4, 0.5) is 4.79 Å². The SMILES string of the molecule is NC(=O)[C@H](CC(=O)O)NC(=O)NNC(=O)CC(CN=C(N)N)c1ccc(Cl)cc1. The lowest BCUT2D eigenvalue weighted by Gasteiger charge is -2.17. The third kappa shape index (κ3) is 9.28. The number of carboxylic acid groups (broad SMARTS) is 1. The van der Waals surface area contributed by atoms with E-state index in [9.17, 15) is 19.2 Å². The molecular formula is C16H22ClN7O5. The Bertz CT molecular complexity index is 780. The molecule has 0 aromatic heterocycles. The molecule has 1 unspecified atom stereocenters. The molecule has 0 spiro atoms. The Balaban J connectivity index is 2.66. The van der Waals surface area contributed by atoms with E-state index in [-0.39, 0.29) is 18.9 Å². The summed E-state index contributed by atoms with van der Waals surface area (Å²) in [6.07, 6.45) is -0.791. The number of carboxylic acids is 1. The van der Waals surface area contributed by atoms with E-state index in [1.807, 2.05) is 10.7 Å².